The largest absolute Gasteiger partial charge is 0.205 e. The van der Waals surface area contributed by atoms with Gasteiger partial charge in [-0.3, -0.25) is 0 Å². The highest BCUT2D eigenvalue weighted by Gasteiger charge is 2.22. The van der Waals surface area contributed by atoms with Gasteiger partial charge in [-0.25, -0.2) is 4.39 Å². The normalized spacial score (nSPS) is 18.7. The monoisotopic (exact) mass is 239 g/mol. The molecular formula is C11H11ClFN3. The number of nitrogens with zero attached hydrogens (tertiary/aromatic N) is 3. The molecule has 1 aliphatic rings. The van der Waals surface area contributed by atoms with Gasteiger partial charge in [0.25, 0.3) is 0 Å². The Morgan fingerprint density at radius 1 is 1.38 bits per heavy atom. The highest BCUT2D eigenvalue weighted by molar-refractivity contribution is 6.30. The SMILES string of the molecule is CC(C)c1c(C2C=NN=N2)ccc(Cl)c1F. The summed E-state index contributed by atoms with van der Waals surface area (Å²) in [6.07, 6.45) is 1.59. The second-order valence-electron chi connectivity index (χ2n) is 3.93. The van der Waals surface area contributed by atoms with E-state index in [2.05, 4.69) is 15.4 Å². The van der Waals surface area contributed by atoms with Gasteiger partial charge in [0, 0.05) is 0 Å². The summed E-state index contributed by atoms with van der Waals surface area (Å²) >= 11 is 5.77. The fraction of sp³-hybridized carbons (Fsp3) is 0.364. The van der Waals surface area contributed by atoms with Crippen LogP contribution in [0.25, 0.3) is 0 Å². The highest BCUT2D eigenvalue weighted by atomic mass is 35.5. The van der Waals surface area contributed by atoms with Gasteiger partial charge in [-0.2, -0.15) is 5.11 Å². The molecular weight excluding hydrogens is 229 g/mol. The summed E-state index contributed by atoms with van der Waals surface area (Å²) in [4.78, 5) is 0. The summed E-state index contributed by atoms with van der Waals surface area (Å²) in [5.74, 6) is -0.331. The first-order chi connectivity index (χ1) is 7.61. The summed E-state index contributed by atoms with van der Waals surface area (Å²) < 4.78 is 13.9. The Morgan fingerprint density at radius 3 is 2.69 bits per heavy atom. The molecule has 1 aliphatic heterocycles. The zero-order valence-corrected chi connectivity index (χ0v) is 9.74. The molecule has 1 aromatic carbocycles. The molecule has 0 fully saturated rings. The van der Waals surface area contributed by atoms with E-state index in [1.165, 1.54) is 0 Å². The molecule has 5 heteroatoms. The van der Waals surface area contributed by atoms with E-state index in [0.29, 0.717) is 5.56 Å². The first-order valence-corrected chi connectivity index (χ1v) is 5.40. The third-order valence-corrected chi connectivity index (χ3v) is 2.79. The van der Waals surface area contributed by atoms with E-state index in [4.69, 9.17) is 11.6 Å². The Morgan fingerprint density at radius 2 is 2.12 bits per heavy atom. The molecule has 0 amide bonds. The van der Waals surface area contributed by atoms with E-state index in [9.17, 15) is 4.39 Å². The molecule has 0 N–H and O–H groups in total. The molecule has 0 spiro atoms. The predicted octanol–water partition coefficient (Wildman–Crippen LogP) is 4.10. The van der Waals surface area contributed by atoms with Crippen molar-refractivity contribution in [1.29, 1.82) is 0 Å². The summed E-state index contributed by atoms with van der Waals surface area (Å²) in [5.41, 5.74) is 1.37. The van der Waals surface area contributed by atoms with Crippen LogP contribution in [0.15, 0.2) is 27.6 Å². The predicted molar refractivity (Wildman–Crippen MR) is 61.6 cm³/mol. The minimum Gasteiger partial charge on any atom is -0.205 e. The van der Waals surface area contributed by atoms with E-state index in [-0.39, 0.29) is 22.8 Å². The van der Waals surface area contributed by atoms with Crippen LogP contribution in [-0.2, 0) is 0 Å². The molecule has 0 aliphatic carbocycles. The Labute approximate surface area is 98.0 Å². The average Bonchev–Trinajstić information content (AvgIpc) is 2.74. The van der Waals surface area contributed by atoms with Crippen LogP contribution in [0.3, 0.4) is 0 Å². The summed E-state index contributed by atoms with van der Waals surface area (Å²) in [6, 6.07) is 3.03. The van der Waals surface area contributed by atoms with Gasteiger partial charge in [0.05, 0.1) is 11.2 Å². The molecule has 1 aromatic rings. The van der Waals surface area contributed by atoms with Crippen LogP contribution < -0.4 is 0 Å². The molecule has 0 aromatic heterocycles. The minimum absolute atomic E-state index is 0.0397. The quantitative estimate of drug-likeness (QED) is 0.745. The van der Waals surface area contributed by atoms with Gasteiger partial charge in [0.2, 0.25) is 0 Å². The smallest absolute Gasteiger partial charge is 0.145 e. The maximum absolute atomic E-state index is 13.9. The van der Waals surface area contributed by atoms with Crippen LogP contribution in [-0.4, -0.2) is 6.21 Å². The molecule has 0 bridgehead atoms. The number of halogens is 2. The second-order valence-corrected chi connectivity index (χ2v) is 4.34. The fourth-order valence-corrected chi connectivity index (χ4v) is 1.94. The molecule has 1 unspecified atom stereocenters. The number of benzene rings is 1. The zero-order chi connectivity index (χ0) is 11.7. The van der Waals surface area contributed by atoms with Crippen molar-refractivity contribution in [3.63, 3.8) is 0 Å². The van der Waals surface area contributed by atoms with Gasteiger partial charge in [0.1, 0.15) is 11.9 Å². The Balaban J connectivity index is 2.56. The Bertz CT molecular complexity index is 457. The van der Waals surface area contributed by atoms with Crippen LogP contribution in [0.5, 0.6) is 0 Å². The van der Waals surface area contributed by atoms with Gasteiger partial charge in [-0.1, -0.05) is 31.5 Å². The second kappa shape index (κ2) is 4.29. The third-order valence-electron chi connectivity index (χ3n) is 2.50. The van der Waals surface area contributed by atoms with Gasteiger partial charge in [-0.05, 0) is 28.3 Å². The van der Waals surface area contributed by atoms with Crippen molar-refractivity contribution in [3.05, 3.63) is 34.1 Å². The zero-order valence-electron chi connectivity index (χ0n) is 8.98. The topological polar surface area (TPSA) is 37.1 Å². The summed E-state index contributed by atoms with van der Waals surface area (Å²) in [7, 11) is 0. The third kappa shape index (κ3) is 1.85. The van der Waals surface area contributed by atoms with Gasteiger partial charge < -0.3 is 0 Å². The van der Waals surface area contributed by atoms with E-state index in [0.717, 1.165) is 5.56 Å². The standard InChI is InChI=1S/C11H11ClFN3/c1-6(2)10-7(9-5-14-16-15-9)3-4-8(12)11(10)13/h3-6,9H,1-2H3. The maximum Gasteiger partial charge on any atom is 0.145 e. The molecule has 0 saturated carbocycles. The highest BCUT2D eigenvalue weighted by Crippen LogP contribution is 2.33. The van der Waals surface area contributed by atoms with E-state index in [1.807, 2.05) is 13.8 Å². The summed E-state index contributed by atoms with van der Waals surface area (Å²) in [5, 5.41) is 11.3. The van der Waals surface area contributed by atoms with Gasteiger partial charge in [-0.15, -0.1) is 5.10 Å². The van der Waals surface area contributed by atoms with Crippen LogP contribution in [0.1, 0.15) is 36.9 Å². The molecule has 1 heterocycles. The molecule has 2 rings (SSSR count). The maximum atomic E-state index is 13.9. The summed E-state index contributed by atoms with van der Waals surface area (Å²) in [6.45, 7) is 3.84. The first kappa shape index (κ1) is 11.2. The Hall–Kier alpha value is -1.29. The van der Waals surface area contributed by atoms with Crippen molar-refractivity contribution in [3.8, 4) is 0 Å². The van der Waals surface area contributed by atoms with Crippen molar-refractivity contribution >= 4 is 17.8 Å². The van der Waals surface area contributed by atoms with Crippen LogP contribution >= 0.6 is 11.6 Å². The lowest BCUT2D eigenvalue weighted by Gasteiger charge is -2.15. The van der Waals surface area contributed by atoms with E-state index < -0.39 is 0 Å². The van der Waals surface area contributed by atoms with Gasteiger partial charge in [0.15, 0.2) is 0 Å². The van der Waals surface area contributed by atoms with Crippen LogP contribution in [0, 0.1) is 5.82 Å². The lowest BCUT2D eigenvalue weighted by molar-refractivity contribution is 0.592. The van der Waals surface area contributed by atoms with Crippen molar-refractivity contribution in [2.45, 2.75) is 25.8 Å². The first-order valence-electron chi connectivity index (χ1n) is 5.02. The van der Waals surface area contributed by atoms with E-state index in [1.54, 1.807) is 18.3 Å². The average molecular weight is 240 g/mol. The molecule has 3 nitrogen and oxygen atoms in total. The lowest BCUT2D eigenvalue weighted by Crippen LogP contribution is -2.05. The molecule has 0 radical (unpaired) electrons. The van der Waals surface area contributed by atoms with Crippen molar-refractivity contribution < 1.29 is 4.39 Å². The minimum atomic E-state index is -0.371. The van der Waals surface area contributed by atoms with Crippen LogP contribution in [0.4, 0.5) is 4.39 Å². The van der Waals surface area contributed by atoms with Gasteiger partial charge >= 0.3 is 0 Å². The van der Waals surface area contributed by atoms with Crippen molar-refractivity contribution in [2.24, 2.45) is 15.4 Å². The number of hydrogen-bond acceptors (Lipinski definition) is 3. The Kier molecular flexibility index (Phi) is 3.01. The van der Waals surface area contributed by atoms with Crippen molar-refractivity contribution in [2.75, 3.05) is 0 Å². The van der Waals surface area contributed by atoms with Crippen LogP contribution in [0.2, 0.25) is 5.02 Å². The molecule has 16 heavy (non-hydrogen) atoms. The number of hydrogen-bond donors (Lipinski definition) is 0. The molecule has 84 valence electrons. The lowest BCUT2D eigenvalue weighted by atomic mass is 9.93. The molecule has 1 atom stereocenters. The van der Waals surface area contributed by atoms with Crippen molar-refractivity contribution in [1.82, 2.24) is 0 Å². The fourth-order valence-electron chi connectivity index (χ4n) is 1.78. The number of rotatable bonds is 2. The van der Waals surface area contributed by atoms with E-state index >= 15 is 0 Å². The molecule has 0 saturated heterocycles.